The number of rotatable bonds is 6. The van der Waals surface area contributed by atoms with Gasteiger partial charge in [0.15, 0.2) is 0 Å². The van der Waals surface area contributed by atoms with Gasteiger partial charge in [-0.3, -0.25) is 4.98 Å². The van der Waals surface area contributed by atoms with Gasteiger partial charge >= 0.3 is 0 Å². The van der Waals surface area contributed by atoms with Crippen molar-refractivity contribution in [2.75, 3.05) is 13.7 Å². The summed E-state index contributed by atoms with van der Waals surface area (Å²) >= 11 is 0. The van der Waals surface area contributed by atoms with Crippen molar-refractivity contribution < 1.29 is 9.84 Å². The minimum absolute atomic E-state index is 0.488. The first kappa shape index (κ1) is 13.5. The predicted molar refractivity (Wildman–Crippen MR) is 73.9 cm³/mol. The summed E-state index contributed by atoms with van der Waals surface area (Å²) in [7, 11) is 1.62. The van der Waals surface area contributed by atoms with Gasteiger partial charge in [0.05, 0.1) is 13.2 Å². The van der Waals surface area contributed by atoms with Gasteiger partial charge in [-0.2, -0.15) is 0 Å². The molecule has 0 radical (unpaired) electrons. The van der Waals surface area contributed by atoms with Gasteiger partial charge in [0.25, 0.3) is 0 Å². The topological polar surface area (TPSA) is 54.4 Å². The Morgan fingerprint density at radius 2 is 2.21 bits per heavy atom. The number of hydrogen-bond acceptors (Lipinski definition) is 4. The van der Waals surface area contributed by atoms with E-state index in [1.54, 1.807) is 13.3 Å². The van der Waals surface area contributed by atoms with Crippen molar-refractivity contribution in [3.8, 4) is 5.75 Å². The Labute approximate surface area is 113 Å². The molecule has 19 heavy (non-hydrogen) atoms. The molecule has 2 aromatic rings. The van der Waals surface area contributed by atoms with Crippen molar-refractivity contribution in [2.45, 2.75) is 12.6 Å². The van der Waals surface area contributed by atoms with Gasteiger partial charge in [-0.15, -0.1) is 0 Å². The molecule has 0 saturated carbocycles. The summed E-state index contributed by atoms with van der Waals surface area (Å²) in [6.45, 7) is 1.18. The molecule has 0 aliphatic carbocycles. The van der Waals surface area contributed by atoms with E-state index in [-0.39, 0.29) is 0 Å². The quantitative estimate of drug-likeness (QED) is 0.831. The minimum Gasteiger partial charge on any atom is -0.497 e. The molecule has 2 rings (SSSR count). The molecule has 4 nitrogen and oxygen atoms in total. The molecule has 1 heterocycles. The highest BCUT2D eigenvalue weighted by atomic mass is 16.5. The van der Waals surface area contributed by atoms with Gasteiger partial charge in [-0.1, -0.05) is 18.2 Å². The van der Waals surface area contributed by atoms with Crippen LogP contribution >= 0.6 is 0 Å². The number of aromatic nitrogens is 1. The first-order valence-electron chi connectivity index (χ1n) is 6.21. The molecule has 0 spiro atoms. The first-order chi connectivity index (χ1) is 9.29. The van der Waals surface area contributed by atoms with E-state index in [9.17, 15) is 5.11 Å². The smallest absolute Gasteiger partial charge is 0.119 e. The normalized spacial score (nSPS) is 12.1. The number of aliphatic hydroxyl groups is 1. The summed E-state index contributed by atoms with van der Waals surface area (Å²) in [5.74, 6) is 0.754. The summed E-state index contributed by atoms with van der Waals surface area (Å²) in [6, 6.07) is 11.4. The molecule has 0 fully saturated rings. The van der Waals surface area contributed by atoms with Gasteiger partial charge in [0, 0.05) is 25.5 Å². The standard InChI is InChI=1S/C15H18N2O2/c1-19-14-6-2-5-13(8-14)15(18)11-17-10-12-4-3-7-16-9-12/h2-9,15,17-18H,10-11H2,1H3. The Morgan fingerprint density at radius 3 is 2.95 bits per heavy atom. The Kier molecular flexibility index (Phi) is 4.89. The number of aliphatic hydroxyl groups excluding tert-OH is 1. The van der Waals surface area contributed by atoms with Crippen LogP contribution in [0.15, 0.2) is 48.8 Å². The Morgan fingerprint density at radius 1 is 1.32 bits per heavy atom. The van der Waals surface area contributed by atoms with Crippen molar-refractivity contribution in [1.29, 1.82) is 0 Å². The van der Waals surface area contributed by atoms with Gasteiger partial charge < -0.3 is 15.2 Å². The monoisotopic (exact) mass is 258 g/mol. The maximum Gasteiger partial charge on any atom is 0.119 e. The van der Waals surface area contributed by atoms with Crippen molar-refractivity contribution in [3.05, 3.63) is 59.9 Å². The second kappa shape index (κ2) is 6.87. The fourth-order valence-electron chi connectivity index (χ4n) is 1.82. The molecule has 0 bridgehead atoms. The highest BCUT2D eigenvalue weighted by Gasteiger charge is 2.07. The molecule has 4 heteroatoms. The van der Waals surface area contributed by atoms with E-state index < -0.39 is 6.10 Å². The van der Waals surface area contributed by atoms with Crippen LogP contribution in [-0.2, 0) is 6.54 Å². The van der Waals surface area contributed by atoms with E-state index in [0.717, 1.165) is 16.9 Å². The number of ether oxygens (including phenoxy) is 1. The van der Waals surface area contributed by atoms with E-state index in [0.29, 0.717) is 13.1 Å². The zero-order chi connectivity index (χ0) is 13.5. The van der Waals surface area contributed by atoms with Crippen molar-refractivity contribution in [1.82, 2.24) is 10.3 Å². The first-order valence-corrected chi connectivity index (χ1v) is 6.21. The second-order valence-corrected chi connectivity index (χ2v) is 4.28. The molecule has 1 unspecified atom stereocenters. The summed E-state index contributed by atoms with van der Waals surface area (Å²) < 4.78 is 5.14. The fraction of sp³-hybridized carbons (Fsp3) is 0.267. The summed E-state index contributed by atoms with van der Waals surface area (Å²) in [6.07, 6.45) is 3.01. The lowest BCUT2D eigenvalue weighted by Crippen LogP contribution is -2.21. The number of benzene rings is 1. The Hall–Kier alpha value is -1.91. The Balaban J connectivity index is 1.85. The maximum absolute atomic E-state index is 10.1. The van der Waals surface area contributed by atoms with E-state index in [1.807, 2.05) is 42.6 Å². The third-order valence-electron chi connectivity index (χ3n) is 2.87. The zero-order valence-electron chi connectivity index (χ0n) is 10.9. The van der Waals surface area contributed by atoms with E-state index in [2.05, 4.69) is 10.3 Å². The highest BCUT2D eigenvalue weighted by molar-refractivity contribution is 5.29. The predicted octanol–water partition coefficient (Wildman–Crippen LogP) is 1.91. The zero-order valence-corrected chi connectivity index (χ0v) is 10.9. The Bertz CT molecular complexity index is 503. The SMILES string of the molecule is COc1cccc(C(O)CNCc2cccnc2)c1. The summed E-state index contributed by atoms with van der Waals surface area (Å²) in [4.78, 5) is 4.04. The number of pyridine rings is 1. The fourth-order valence-corrected chi connectivity index (χ4v) is 1.82. The molecule has 1 atom stereocenters. The highest BCUT2D eigenvalue weighted by Crippen LogP contribution is 2.18. The number of hydrogen-bond donors (Lipinski definition) is 2. The van der Waals surface area contributed by atoms with Gasteiger partial charge in [-0.05, 0) is 29.3 Å². The second-order valence-electron chi connectivity index (χ2n) is 4.28. The van der Waals surface area contributed by atoms with Gasteiger partial charge in [0.2, 0.25) is 0 Å². The van der Waals surface area contributed by atoms with E-state index in [1.165, 1.54) is 0 Å². The van der Waals surface area contributed by atoms with Crippen molar-refractivity contribution >= 4 is 0 Å². The average molecular weight is 258 g/mol. The molecule has 100 valence electrons. The van der Waals surface area contributed by atoms with Crippen LogP contribution < -0.4 is 10.1 Å². The van der Waals surface area contributed by atoms with Crippen molar-refractivity contribution in [2.24, 2.45) is 0 Å². The molecule has 0 amide bonds. The average Bonchev–Trinajstić information content (AvgIpc) is 2.48. The van der Waals surface area contributed by atoms with Crippen molar-refractivity contribution in [3.63, 3.8) is 0 Å². The largest absolute Gasteiger partial charge is 0.497 e. The summed E-state index contributed by atoms with van der Waals surface area (Å²) in [5, 5.41) is 13.3. The molecule has 1 aromatic heterocycles. The number of nitrogens with one attached hydrogen (secondary N) is 1. The minimum atomic E-state index is -0.549. The van der Waals surface area contributed by atoms with Crippen LogP contribution in [0.25, 0.3) is 0 Å². The van der Waals surface area contributed by atoms with Crippen LogP contribution in [0.2, 0.25) is 0 Å². The van der Waals surface area contributed by atoms with Crippen LogP contribution in [-0.4, -0.2) is 23.7 Å². The summed E-state index contributed by atoms with van der Waals surface area (Å²) in [5.41, 5.74) is 1.94. The molecule has 0 aliphatic heterocycles. The number of nitrogens with zero attached hydrogens (tertiary/aromatic N) is 1. The van der Waals surface area contributed by atoms with E-state index >= 15 is 0 Å². The number of methoxy groups -OCH3 is 1. The lowest BCUT2D eigenvalue weighted by atomic mass is 10.1. The lowest BCUT2D eigenvalue weighted by molar-refractivity contribution is 0.174. The van der Waals surface area contributed by atoms with Gasteiger partial charge in [-0.25, -0.2) is 0 Å². The lowest BCUT2D eigenvalue weighted by Gasteiger charge is -2.13. The molecule has 0 saturated heterocycles. The molecular weight excluding hydrogens is 240 g/mol. The molecular formula is C15H18N2O2. The van der Waals surface area contributed by atoms with Crippen LogP contribution in [0.4, 0.5) is 0 Å². The molecule has 1 aromatic carbocycles. The molecule has 2 N–H and O–H groups in total. The maximum atomic E-state index is 10.1. The third kappa shape index (κ3) is 4.05. The van der Waals surface area contributed by atoms with Gasteiger partial charge in [0.1, 0.15) is 5.75 Å². The van der Waals surface area contributed by atoms with Crippen LogP contribution in [0.1, 0.15) is 17.2 Å². The van der Waals surface area contributed by atoms with Crippen LogP contribution in [0.3, 0.4) is 0 Å². The van der Waals surface area contributed by atoms with E-state index in [4.69, 9.17) is 4.74 Å². The van der Waals surface area contributed by atoms with Crippen LogP contribution in [0.5, 0.6) is 5.75 Å². The molecule has 0 aliphatic rings. The third-order valence-corrected chi connectivity index (χ3v) is 2.87. The van der Waals surface area contributed by atoms with Crippen LogP contribution in [0, 0.1) is 0 Å².